The van der Waals surface area contributed by atoms with Crippen LogP contribution < -0.4 is 0 Å². The summed E-state index contributed by atoms with van der Waals surface area (Å²) in [5, 5.41) is 8.71. The lowest BCUT2D eigenvalue weighted by molar-refractivity contribution is -0.206. The van der Waals surface area contributed by atoms with Gasteiger partial charge < -0.3 is 9.47 Å². The summed E-state index contributed by atoms with van der Waals surface area (Å²) in [4.78, 5) is 24.4. The van der Waals surface area contributed by atoms with Crippen molar-refractivity contribution in [1.29, 1.82) is 5.26 Å². The highest BCUT2D eigenvalue weighted by atomic mass is 32.2. The third kappa shape index (κ3) is 21.8. The van der Waals surface area contributed by atoms with E-state index < -0.39 is 5.95 Å². The molecule has 3 aliphatic heterocycles. The van der Waals surface area contributed by atoms with Crippen LogP contribution in [0, 0.1) is 46.9 Å². The Bertz CT molecular complexity index is 2200. The molecule has 0 radical (unpaired) electrons. The molecule has 6 heterocycles. The first kappa shape index (κ1) is 61.9. The van der Waals surface area contributed by atoms with Crippen molar-refractivity contribution >= 4 is 47.0 Å². The number of aryl methyl sites for hydroxylation is 2. The third-order valence-corrected chi connectivity index (χ3v) is 20.1. The van der Waals surface area contributed by atoms with Gasteiger partial charge in [0.15, 0.2) is 6.29 Å². The summed E-state index contributed by atoms with van der Waals surface area (Å²) in [6.07, 6.45) is 30.7. The summed E-state index contributed by atoms with van der Waals surface area (Å²) in [5.74, 6) is 6.41. The molecule has 9 nitrogen and oxygen atoms in total. The quantitative estimate of drug-likeness (QED) is 0.0439. The van der Waals surface area contributed by atoms with E-state index in [-0.39, 0.29) is 38.7 Å². The molecule has 1 aromatic carbocycles. The van der Waals surface area contributed by atoms with Gasteiger partial charge >= 0.3 is 0 Å². The van der Waals surface area contributed by atoms with Gasteiger partial charge in [0.05, 0.1) is 27.9 Å². The lowest BCUT2D eigenvalue weighted by atomic mass is 10.0. The number of nitriles is 1. The molecule has 3 saturated heterocycles. The zero-order chi connectivity index (χ0) is 52.8. The fourth-order valence-electron chi connectivity index (χ4n) is 8.94. The Morgan fingerprint density at radius 3 is 1.39 bits per heavy atom. The summed E-state index contributed by atoms with van der Waals surface area (Å²) in [7, 11) is 0. The average Bonchev–Trinajstić information content (AvgIpc) is 3.42. The van der Waals surface area contributed by atoms with Crippen LogP contribution >= 0.6 is 47.0 Å². The molecule has 4 aromatic rings. The van der Waals surface area contributed by atoms with E-state index in [9.17, 15) is 13.2 Å². The second-order valence-electron chi connectivity index (χ2n) is 19.9. The van der Waals surface area contributed by atoms with E-state index >= 15 is 0 Å². The number of hydrogen-bond acceptors (Lipinski definition) is 13. The van der Waals surface area contributed by atoms with Crippen molar-refractivity contribution in [2.75, 3.05) is 36.2 Å². The van der Waals surface area contributed by atoms with Gasteiger partial charge in [0.1, 0.15) is 17.7 Å². The van der Waals surface area contributed by atoms with Crippen molar-refractivity contribution in [3.8, 4) is 17.2 Å². The predicted octanol–water partition coefficient (Wildman–Crippen LogP) is 17.2. The normalized spacial score (nSPS) is 20.7. The predicted molar refractivity (Wildman–Crippen MR) is 305 cm³/mol. The molecule has 408 valence electrons. The number of hydrogen-bond donors (Lipinski definition) is 0. The second kappa shape index (κ2) is 36.2. The molecule has 3 aromatic heterocycles. The zero-order valence-corrected chi connectivity index (χ0v) is 48.3. The molecule has 7 rings (SSSR count). The maximum Gasteiger partial charge on any atom is 0.234 e. The molecule has 3 fully saturated rings. The average molecular weight is 1100 g/mol. The van der Waals surface area contributed by atoms with E-state index in [1.807, 2.05) is 59.2 Å². The van der Waals surface area contributed by atoms with Gasteiger partial charge in [0.25, 0.3) is 0 Å². The van der Waals surface area contributed by atoms with Crippen LogP contribution in [0.2, 0.25) is 0 Å². The van der Waals surface area contributed by atoms with Crippen LogP contribution in [-0.4, -0.2) is 66.1 Å². The summed E-state index contributed by atoms with van der Waals surface area (Å²) in [6.45, 7) is 12.5. The Hall–Kier alpha value is -2.94. The number of thioether (sulfide) groups is 4. The molecule has 16 heteroatoms. The summed E-state index contributed by atoms with van der Waals surface area (Å²) >= 11 is 7.48. The van der Waals surface area contributed by atoms with Gasteiger partial charge in [0, 0.05) is 54.0 Å². The minimum atomic E-state index is -0.704. The number of benzene rings is 1. The van der Waals surface area contributed by atoms with Gasteiger partial charge in [-0.15, -0.1) is 47.0 Å². The first-order valence-electron chi connectivity index (χ1n) is 27.9. The molecule has 0 aliphatic carbocycles. The fourth-order valence-corrected chi connectivity index (χ4v) is 15.2. The summed E-state index contributed by atoms with van der Waals surface area (Å²) in [5.41, 5.74) is 3.18. The van der Waals surface area contributed by atoms with Crippen molar-refractivity contribution in [3.63, 3.8) is 0 Å². The van der Waals surface area contributed by atoms with E-state index in [1.165, 1.54) is 103 Å². The second-order valence-corrected chi connectivity index (χ2v) is 25.0. The van der Waals surface area contributed by atoms with Crippen LogP contribution in [-0.2, 0) is 22.3 Å². The number of ether oxygens (including phenoxy) is 2. The van der Waals surface area contributed by atoms with E-state index in [0.717, 1.165) is 85.4 Å². The Balaban J connectivity index is 0.000000206. The lowest BCUT2D eigenvalue weighted by Crippen LogP contribution is -2.27. The first-order valence-corrected chi connectivity index (χ1v) is 32.1. The molecule has 0 saturated carbocycles. The molecule has 3 aliphatic rings. The molecule has 0 spiro atoms. The van der Waals surface area contributed by atoms with Crippen LogP contribution in [0.4, 0.5) is 13.2 Å². The summed E-state index contributed by atoms with van der Waals surface area (Å²) < 4.78 is 54.8. The van der Waals surface area contributed by atoms with Crippen LogP contribution in [0.5, 0.6) is 0 Å². The van der Waals surface area contributed by atoms with Crippen LogP contribution in [0.3, 0.4) is 0 Å². The molecule has 74 heavy (non-hydrogen) atoms. The van der Waals surface area contributed by atoms with Gasteiger partial charge in [-0.1, -0.05) is 155 Å². The lowest BCUT2D eigenvalue weighted by Gasteiger charge is -2.29. The van der Waals surface area contributed by atoms with Crippen molar-refractivity contribution < 1.29 is 22.6 Å². The highest BCUT2D eigenvalue weighted by molar-refractivity contribution is 8.17. The number of unbranched alkanes of at least 4 members (excludes halogenated alkanes) is 12. The number of nitrogens with zero attached hydrogens (tertiary/aromatic N) is 7. The van der Waals surface area contributed by atoms with Gasteiger partial charge in [-0.05, 0) is 72.5 Å². The molecule has 0 amide bonds. The SMILES string of the molecule is CCCCCC1COC(c2ccc(-c3cnc(C#N)nc3F)cc2)OC1.CCCCCCCc1ncc(C2SCC(CCCCC)CS2)c(F)n1.CCCCCc1ncc(C2SCC(CCCCC)CS2)c(F)n1. The maximum absolute atomic E-state index is 14.4. The van der Waals surface area contributed by atoms with Crippen molar-refractivity contribution in [2.24, 2.45) is 17.8 Å². The van der Waals surface area contributed by atoms with E-state index in [1.54, 1.807) is 30.6 Å². The highest BCUT2D eigenvalue weighted by Gasteiger charge is 2.28. The molecule has 0 unspecified atom stereocenters. The highest BCUT2D eigenvalue weighted by Crippen LogP contribution is 2.48. The van der Waals surface area contributed by atoms with Gasteiger partial charge in [-0.3, -0.25) is 0 Å². The van der Waals surface area contributed by atoms with Crippen molar-refractivity contribution in [1.82, 2.24) is 29.9 Å². The minimum absolute atomic E-state index is 0.168. The zero-order valence-electron chi connectivity index (χ0n) is 45.0. The summed E-state index contributed by atoms with van der Waals surface area (Å²) in [6, 6.07) is 9.00. The number of halogens is 3. The van der Waals surface area contributed by atoms with Crippen molar-refractivity contribution in [2.45, 2.75) is 191 Å². The van der Waals surface area contributed by atoms with Crippen LogP contribution in [0.1, 0.15) is 213 Å². The maximum atomic E-state index is 14.4. The standard InChI is InChI=1S/C20H22FN3O2.C20H33FN2S2.C18H29FN2S2/c1-2-3-4-5-14-12-25-20(26-13-14)16-8-6-15(7-9-16)17-11-23-18(10-22)24-19(17)21;1-3-5-7-8-10-12-18-22-13-17(19(21)23-18)20-24-14-16(15-25-20)11-9-6-4-2;1-3-5-7-9-14-12-22-18(23-13-14)15-11-20-16(21-17(15)19)10-8-6-4-2/h6-9,11,14,20H,2-5,12-13H2,1H3;13,16,20H,3-12,14-15H2,1-2H3;11,14,18H,3-10,12-13H2,1-2H3. The molecule has 0 bridgehead atoms. The Morgan fingerprint density at radius 2 is 0.946 bits per heavy atom. The van der Waals surface area contributed by atoms with Gasteiger partial charge in [-0.25, -0.2) is 24.9 Å². The third-order valence-electron chi connectivity index (χ3n) is 13.5. The number of aromatic nitrogens is 6. The Kier molecular flexibility index (Phi) is 30.3. The van der Waals surface area contributed by atoms with E-state index in [0.29, 0.717) is 47.5 Å². The van der Waals surface area contributed by atoms with Crippen LogP contribution in [0.15, 0.2) is 42.9 Å². The van der Waals surface area contributed by atoms with E-state index in [4.69, 9.17) is 14.7 Å². The van der Waals surface area contributed by atoms with E-state index in [2.05, 4.69) is 64.5 Å². The fraction of sp³-hybridized carbons (Fsp3) is 0.672. The first-order chi connectivity index (χ1) is 36.2. The minimum Gasteiger partial charge on any atom is -0.348 e. The Labute approximate surface area is 459 Å². The van der Waals surface area contributed by atoms with Gasteiger partial charge in [0.2, 0.25) is 23.7 Å². The molecular weight excluding hydrogens is 1010 g/mol. The van der Waals surface area contributed by atoms with Gasteiger partial charge in [-0.2, -0.15) is 23.4 Å². The molecule has 0 atom stereocenters. The number of rotatable bonds is 26. The molecule has 0 N–H and O–H groups in total. The molecular formula is C58H84F3N7O2S4. The Morgan fingerprint density at radius 1 is 0.514 bits per heavy atom. The smallest absolute Gasteiger partial charge is 0.234 e. The van der Waals surface area contributed by atoms with Crippen LogP contribution in [0.25, 0.3) is 11.1 Å². The van der Waals surface area contributed by atoms with Crippen molar-refractivity contribution in [3.05, 3.63) is 94.9 Å². The largest absolute Gasteiger partial charge is 0.348 e. The topological polar surface area (TPSA) is 120 Å². The monoisotopic (exact) mass is 1100 g/mol.